The van der Waals surface area contributed by atoms with E-state index in [0.717, 1.165) is 31.4 Å². The molecule has 0 aliphatic heterocycles. The highest BCUT2D eigenvalue weighted by molar-refractivity contribution is 5.27. The van der Waals surface area contributed by atoms with Crippen LogP contribution in [0.4, 0.5) is 0 Å². The number of aryl methyl sites for hydroxylation is 1. The van der Waals surface area contributed by atoms with Crippen LogP contribution in [0.2, 0.25) is 0 Å². The summed E-state index contributed by atoms with van der Waals surface area (Å²) in [4.78, 5) is 16.6. The molecule has 6 nitrogen and oxygen atoms in total. The largest absolute Gasteiger partial charge is 0.309 e. The van der Waals surface area contributed by atoms with Crippen LogP contribution in [0.3, 0.4) is 0 Å². The van der Waals surface area contributed by atoms with Crippen molar-refractivity contribution >= 4 is 0 Å². The van der Waals surface area contributed by atoms with E-state index in [0.29, 0.717) is 12.6 Å². The Morgan fingerprint density at radius 1 is 1.23 bits per heavy atom. The second-order valence-corrected chi connectivity index (χ2v) is 6.93. The maximum atomic E-state index is 12.4. The van der Waals surface area contributed by atoms with E-state index in [1.54, 1.807) is 12.3 Å². The van der Waals surface area contributed by atoms with Gasteiger partial charge in [-0.15, -0.1) is 0 Å². The van der Waals surface area contributed by atoms with Gasteiger partial charge in [0.05, 0.1) is 12.7 Å². The van der Waals surface area contributed by atoms with E-state index in [9.17, 15) is 4.79 Å². The second kappa shape index (κ2) is 7.25. The average Bonchev–Trinajstić information content (AvgIpc) is 3.08. The standard InChI is InChI=1S/C20H23N5O/c1-24-13-16(12-23-24)11-22-18-5-6-19-17(9-18)4-7-20(26)25(19)14-15-3-2-8-21-10-15/h2-4,7-8,10,12-13,18,22H,5-6,9,11,14H2,1H3/t18-/m0/s1. The molecule has 0 unspecified atom stereocenters. The summed E-state index contributed by atoms with van der Waals surface area (Å²) >= 11 is 0. The minimum absolute atomic E-state index is 0.0642. The lowest BCUT2D eigenvalue weighted by Crippen LogP contribution is -2.37. The minimum atomic E-state index is 0.0642. The van der Waals surface area contributed by atoms with E-state index < -0.39 is 0 Å². The van der Waals surface area contributed by atoms with Crippen molar-refractivity contribution in [3.8, 4) is 0 Å². The molecule has 26 heavy (non-hydrogen) atoms. The number of nitrogens with one attached hydrogen (secondary N) is 1. The summed E-state index contributed by atoms with van der Waals surface area (Å²) in [5.41, 5.74) is 4.75. The fourth-order valence-electron chi connectivity index (χ4n) is 3.67. The predicted octanol–water partition coefficient (Wildman–Crippen LogP) is 1.67. The molecule has 0 saturated carbocycles. The van der Waals surface area contributed by atoms with Crippen molar-refractivity contribution in [3.63, 3.8) is 0 Å². The number of hydrogen-bond acceptors (Lipinski definition) is 4. The fourth-order valence-corrected chi connectivity index (χ4v) is 3.67. The summed E-state index contributed by atoms with van der Waals surface area (Å²) in [6, 6.07) is 8.04. The molecule has 0 radical (unpaired) electrons. The number of fused-ring (bicyclic) bond motifs is 1. The summed E-state index contributed by atoms with van der Waals surface area (Å²) in [6.45, 7) is 1.41. The smallest absolute Gasteiger partial charge is 0.251 e. The van der Waals surface area contributed by atoms with Crippen LogP contribution in [-0.2, 0) is 33.0 Å². The van der Waals surface area contributed by atoms with E-state index in [4.69, 9.17) is 0 Å². The van der Waals surface area contributed by atoms with Gasteiger partial charge in [-0.25, -0.2) is 0 Å². The highest BCUT2D eigenvalue weighted by Crippen LogP contribution is 2.21. The molecular formula is C20H23N5O. The van der Waals surface area contributed by atoms with Gasteiger partial charge in [0, 0.05) is 55.5 Å². The van der Waals surface area contributed by atoms with Crippen molar-refractivity contribution < 1.29 is 0 Å². The summed E-state index contributed by atoms with van der Waals surface area (Å²) in [6.07, 6.45) is 10.4. The van der Waals surface area contributed by atoms with Gasteiger partial charge in [-0.05, 0) is 36.5 Å². The summed E-state index contributed by atoms with van der Waals surface area (Å²) in [5.74, 6) is 0. The van der Waals surface area contributed by atoms with Gasteiger partial charge in [0.25, 0.3) is 5.56 Å². The molecule has 0 saturated heterocycles. The third-order valence-electron chi connectivity index (χ3n) is 5.00. The zero-order valence-electron chi connectivity index (χ0n) is 14.9. The van der Waals surface area contributed by atoms with Crippen LogP contribution in [0.25, 0.3) is 0 Å². The van der Waals surface area contributed by atoms with Crippen LogP contribution in [0.15, 0.2) is 53.8 Å². The molecule has 0 aromatic carbocycles. The topological polar surface area (TPSA) is 64.7 Å². The van der Waals surface area contributed by atoms with Crippen LogP contribution in [0, 0.1) is 0 Å². The maximum Gasteiger partial charge on any atom is 0.251 e. The van der Waals surface area contributed by atoms with Crippen LogP contribution < -0.4 is 10.9 Å². The van der Waals surface area contributed by atoms with Crippen molar-refractivity contribution in [3.05, 3.63) is 81.8 Å². The minimum Gasteiger partial charge on any atom is -0.309 e. The van der Waals surface area contributed by atoms with Crippen molar-refractivity contribution in [2.75, 3.05) is 0 Å². The van der Waals surface area contributed by atoms with E-state index in [2.05, 4.69) is 15.4 Å². The highest BCUT2D eigenvalue weighted by Gasteiger charge is 2.21. The van der Waals surface area contributed by atoms with Gasteiger partial charge in [0.1, 0.15) is 0 Å². The number of rotatable bonds is 5. The van der Waals surface area contributed by atoms with Crippen molar-refractivity contribution in [1.29, 1.82) is 0 Å². The lowest BCUT2D eigenvalue weighted by Gasteiger charge is -2.27. The molecule has 3 aromatic rings. The molecule has 3 aromatic heterocycles. The first-order valence-electron chi connectivity index (χ1n) is 9.00. The third kappa shape index (κ3) is 3.60. The maximum absolute atomic E-state index is 12.4. The van der Waals surface area contributed by atoms with Gasteiger partial charge < -0.3 is 9.88 Å². The molecular weight excluding hydrogens is 326 g/mol. The van der Waals surface area contributed by atoms with E-state index in [1.165, 1.54) is 16.8 Å². The van der Waals surface area contributed by atoms with E-state index in [-0.39, 0.29) is 5.56 Å². The van der Waals surface area contributed by atoms with Gasteiger partial charge in [-0.2, -0.15) is 5.10 Å². The molecule has 134 valence electrons. The summed E-state index contributed by atoms with van der Waals surface area (Å²) in [5, 5.41) is 7.84. The quantitative estimate of drug-likeness (QED) is 0.761. The molecule has 1 N–H and O–H groups in total. The molecule has 1 aliphatic rings. The number of aromatic nitrogens is 4. The van der Waals surface area contributed by atoms with Crippen molar-refractivity contribution in [1.82, 2.24) is 24.6 Å². The van der Waals surface area contributed by atoms with Crippen molar-refractivity contribution in [2.45, 2.75) is 38.4 Å². The Kier molecular flexibility index (Phi) is 4.67. The summed E-state index contributed by atoms with van der Waals surface area (Å²) in [7, 11) is 1.93. The first-order chi connectivity index (χ1) is 12.7. The monoisotopic (exact) mass is 349 g/mol. The lowest BCUT2D eigenvalue weighted by molar-refractivity contribution is 0.443. The van der Waals surface area contributed by atoms with Gasteiger partial charge >= 0.3 is 0 Å². The molecule has 6 heteroatoms. The molecule has 3 heterocycles. The second-order valence-electron chi connectivity index (χ2n) is 6.93. The summed E-state index contributed by atoms with van der Waals surface area (Å²) < 4.78 is 3.73. The Morgan fingerprint density at radius 2 is 2.15 bits per heavy atom. The molecule has 1 aliphatic carbocycles. The first-order valence-corrected chi connectivity index (χ1v) is 9.00. The van der Waals surface area contributed by atoms with Gasteiger partial charge in [0.2, 0.25) is 0 Å². The lowest BCUT2D eigenvalue weighted by atomic mass is 9.91. The van der Waals surface area contributed by atoms with Crippen LogP contribution in [-0.4, -0.2) is 25.4 Å². The SMILES string of the molecule is Cn1cc(CN[C@H]2CCc3c(ccc(=O)n3Cc3cccnc3)C2)cn1. The number of nitrogens with zero attached hydrogens (tertiary/aromatic N) is 4. The Bertz CT molecular complexity index is 944. The Morgan fingerprint density at radius 3 is 2.92 bits per heavy atom. The fraction of sp³-hybridized carbons (Fsp3) is 0.350. The Balaban J connectivity index is 1.49. The average molecular weight is 349 g/mol. The molecule has 4 rings (SSSR count). The van der Waals surface area contributed by atoms with Crippen LogP contribution in [0.1, 0.15) is 28.8 Å². The zero-order valence-corrected chi connectivity index (χ0v) is 14.9. The van der Waals surface area contributed by atoms with Gasteiger partial charge in [-0.3, -0.25) is 14.5 Å². The Hall–Kier alpha value is -2.73. The highest BCUT2D eigenvalue weighted by atomic mass is 16.1. The number of hydrogen-bond donors (Lipinski definition) is 1. The molecule has 1 atom stereocenters. The van der Waals surface area contributed by atoms with Gasteiger partial charge in [-0.1, -0.05) is 12.1 Å². The Labute approximate surface area is 152 Å². The molecule has 0 spiro atoms. The van der Waals surface area contributed by atoms with E-state index >= 15 is 0 Å². The van der Waals surface area contributed by atoms with E-state index in [1.807, 2.05) is 53.1 Å². The molecule has 0 bridgehead atoms. The van der Waals surface area contributed by atoms with Gasteiger partial charge in [0.15, 0.2) is 0 Å². The molecule has 0 amide bonds. The van der Waals surface area contributed by atoms with Crippen LogP contribution in [0.5, 0.6) is 0 Å². The van der Waals surface area contributed by atoms with Crippen LogP contribution >= 0.6 is 0 Å². The predicted molar refractivity (Wildman–Crippen MR) is 99.9 cm³/mol. The van der Waals surface area contributed by atoms with Crippen molar-refractivity contribution in [2.24, 2.45) is 7.05 Å². The number of pyridine rings is 2. The first kappa shape index (κ1) is 16.7. The third-order valence-corrected chi connectivity index (χ3v) is 5.00. The normalized spacial score (nSPS) is 16.4. The zero-order chi connectivity index (χ0) is 17.9. The molecule has 0 fully saturated rings.